The van der Waals surface area contributed by atoms with E-state index in [4.69, 9.17) is 15.5 Å². The van der Waals surface area contributed by atoms with Crippen LogP contribution in [0.4, 0.5) is 5.69 Å². The zero-order valence-corrected chi connectivity index (χ0v) is 23.7. The van der Waals surface area contributed by atoms with Gasteiger partial charge < -0.3 is 34.5 Å². The van der Waals surface area contributed by atoms with Gasteiger partial charge >= 0.3 is 0 Å². The van der Waals surface area contributed by atoms with Gasteiger partial charge in [0.05, 0.1) is 29.5 Å². The Morgan fingerprint density at radius 2 is 2.02 bits per heavy atom. The molecule has 4 aromatic rings. The summed E-state index contributed by atoms with van der Waals surface area (Å²) in [5.74, 6) is 2.27. The summed E-state index contributed by atoms with van der Waals surface area (Å²) in [6.07, 6.45) is 5.43. The summed E-state index contributed by atoms with van der Waals surface area (Å²) in [6, 6.07) is 12.7. The normalized spacial score (nSPS) is 21.0. The number of carbonyl (C=O) groups excluding carboxylic acids is 1. The summed E-state index contributed by atoms with van der Waals surface area (Å²) in [6.45, 7) is 5.01. The fraction of sp³-hybridized carbons (Fsp3) is 0.500. The van der Waals surface area contributed by atoms with Crippen molar-refractivity contribution in [3.05, 3.63) is 42.0 Å². The van der Waals surface area contributed by atoms with Crippen LogP contribution in [0.1, 0.15) is 42.5 Å². The number of hydrogen-bond donors (Lipinski definition) is 2. The summed E-state index contributed by atoms with van der Waals surface area (Å²) in [7, 11) is 1.69. The number of nitrogens with two attached hydrogens (primary N) is 1. The Hall–Kier alpha value is -3.56. The van der Waals surface area contributed by atoms with E-state index in [0.717, 1.165) is 74.5 Å². The van der Waals surface area contributed by atoms with Gasteiger partial charge in [-0.25, -0.2) is 4.98 Å². The van der Waals surface area contributed by atoms with Crippen LogP contribution in [0.25, 0.3) is 33.5 Å². The molecule has 9 heteroatoms. The Morgan fingerprint density at radius 1 is 1.17 bits per heavy atom. The van der Waals surface area contributed by atoms with Crippen LogP contribution in [0.15, 0.2) is 36.4 Å². The first-order chi connectivity index (χ1) is 20.0. The molecule has 4 aliphatic rings. The number of anilines is 1. The van der Waals surface area contributed by atoms with Crippen LogP contribution in [0, 0.1) is 11.3 Å². The van der Waals surface area contributed by atoms with E-state index >= 15 is 0 Å². The van der Waals surface area contributed by atoms with Crippen molar-refractivity contribution in [3.8, 4) is 17.3 Å². The lowest BCUT2D eigenvalue weighted by Gasteiger charge is -2.31. The van der Waals surface area contributed by atoms with Crippen LogP contribution < -0.4 is 15.4 Å². The number of rotatable bonds is 8. The van der Waals surface area contributed by atoms with Gasteiger partial charge in [0.15, 0.2) is 5.82 Å². The highest BCUT2D eigenvalue weighted by Crippen LogP contribution is 2.52. The van der Waals surface area contributed by atoms with Crippen molar-refractivity contribution in [1.82, 2.24) is 19.0 Å². The van der Waals surface area contributed by atoms with Crippen LogP contribution in [-0.2, 0) is 13.1 Å². The van der Waals surface area contributed by atoms with Crippen LogP contribution in [0.3, 0.4) is 0 Å². The predicted molar refractivity (Wildman–Crippen MR) is 159 cm³/mol. The number of fused-ring (bicyclic) bond motifs is 1. The van der Waals surface area contributed by atoms with Gasteiger partial charge in [0.2, 0.25) is 0 Å². The zero-order valence-electron chi connectivity index (χ0n) is 23.7. The smallest absolute Gasteiger partial charge is 0.254 e. The van der Waals surface area contributed by atoms with Gasteiger partial charge in [-0.15, -0.1) is 0 Å². The molecular formula is C32H38N6O3. The molecule has 2 aromatic heterocycles. The molecule has 2 aliphatic carbocycles. The quantitative estimate of drug-likeness (QED) is 0.343. The fourth-order valence-corrected chi connectivity index (χ4v) is 7.27. The number of nitrogens with zero attached hydrogens (tertiary/aromatic N) is 5. The Labute approximate surface area is 239 Å². The monoisotopic (exact) mass is 554 g/mol. The summed E-state index contributed by atoms with van der Waals surface area (Å²) < 4.78 is 10.7. The second kappa shape index (κ2) is 9.22. The van der Waals surface area contributed by atoms with Gasteiger partial charge in [-0.05, 0) is 62.3 Å². The molecule has 1 saturated heterocycles. The number of methoxy groups -OCH3 is 1. The minimum Gasteiger partial charge on any atom is -0.494 e. The van der Waals surface area contributed by atoms with E-state index < -0.39 is 0 Å². The van der Waals surface area contributed by atoms with E-state index in [1.165, 1.54) is 29.4 Å². The molecule has 2 aliphatic heterocycles. The van der Waals surface area contributed by atoms with Gasteiger partial charge in [0, 0.05) is 68.3 Å². The fourth-order valence-electron chi connectivity index (χ4n) is 7.27. The maximum atomic E-state index is 13.7. The maximum absolute atomic E-state index is 13.7. The second-order valence-electron chi connectivity index (χ2n) is 12.7. The topological polar surface area (TPSA) is 102 Å². The van der Waals surface area contributed by atoms with Gasteiger partial charge in [0.1, 0.15) is 11.3 Å². The van der Waals surface area contributed by atoms with Gasteiger partial charge in [-0.2, -0.15) is 0 Å². The molecule has 2 aromatic carbocycles. The number of hydrogen-bond acceptors (Lipinski definition) is 6. The molecule has 8 rings (SSSR count). The average molecular weight is 555 g/mol. The molecule has 1 amide bonds. The van der Waals surface area contributed by atoms with Crippen molar-refractivity contribution in [2.75, 3.05) is 44.8 Å². The molecule has 3 fully saturated rings. The third kappa shape index (κ3) is 3.96. The highest BCUT2D eigenvalue weighted by atomic mass is 16.5. The number of carbonyl (C=O) groups is 1. The van der Waals surface area contributed by atoms with Crippen molar-refractivity contribution in [2.24, 2.45) is 17.1 Å². The zero-order chi connectivity index (χ0) is 27.9. The molecular weight excluding hydrogens is 516 g/mol. The summed E-state index contributed by atoms with van der Waals surface area (Å²) in [5, 5.41) is 10.6. The molecule has 4 heterocycles. The maximum Gasteiger partial charge on any atom is 0.254 e. The largest absolute Gasteiger partial charge is 0.494 e. The third-order valence-electron chi connectivity index (χ3n) is 9.95. The lowest BCUT2D eigenvalue weighted by atomic mass is 10.0. The first kappa shape index (κ1) is 25.2. The van der Waals surface area contributed by atoms with Crippen LogP contribution in [-0.4, -0.2) is 76.0 Å². The Bertz CT molecular complexity index is 1680. The molecule has 1 spiro atoms. The Morgan fingerprint density at radius 3 is 2.76 bits per heavy atom. The van der Waals surface area contributed by atoms with Gasteiger partial charge in [-0.1, -0.05) is 12.1 Å². The average Bonchev–Trinajstić information content (AvgIpc) is 3.87. The molecule has 214 valence electrons. The van der Waals surface area contributed by atoms with E-state index in [-0.39, 0.29) is 24.0 Å². The van der Waals surface area contributed by atoms with E-state index in [1.54, 1.807) is 7.11 Å². The predicted octanol–water partition coefficient (Wildman–Crippen LogP) is 3.84. The number of likely N-dealkylation sites (tertiary alicyclic amines) is 1. The van der Waals surface area contributed by atoms with Crippen molar-refractivity contribution in [3.63, 3.8) is 0 Å². The molecule has 9 nitrogen and oxygen atoms in total. The number of ether oxygens (including phenoxy) is 1. The Balaban J connectivity index is 1.25. The summed E-state index contributed by atoms with van der Waals surface area (Å²) in [4.78, 5) is 23.2. The number of aromatic nitrogens is 3. The second-order valence-corrected chi connectivity index (χ2v) is 12.7. The van der Waals surface area contributed by atoms with Crippen molar-refractivity contribution in [1.29, 1.82) is 0 Å². The van der Waals surface area contributed by atoms with Crippen molar-refractivity contribution < 1.29 is 14.6 Å². The van der Waals surface area contributed by atoms with Crippen LogP contribution in [0.2, 0.25) is 0 Å². The number of aliphatic hydroxyl groups excluding tert-OH is 1. The Kier molecular flexibility index (Phi) is 5.66. The van der Waals surface area contributed by atoms with Crippen molar-refractivity contribution >= 4 is 33.5 Å². The first-order valence-corrected chi connectivity index (χ1v) is 15.1. The molecule has 0 bridgehead atoms. The van der Waals surface area contributed by atoms with Gasteiger partial charge in [0.25, 0.3) is 5.91 Å². The highest BCUT2D eigenvalue weighted by Gasteiger charge is 2.54. The summed E-state index contributed by atoms with van der Waals surface area (Å²) >= 11 is 0. The minimum absolute atomic E-state index is 0.0128. The summed E-state index contributed by atoms with van der Waals surface area (Å²) in [5.41, 5.74) is 12.5. The molecule has 3 N–H and O–H groups in total. The van der Waals surface area contributed by atoms with E-state index in [9.17, 15) is 9.90 Å². The number of benzene rings is 2. The third-order valence-corrected chi connectivity index (χ3v) is 9.95. The highest BCUT2D eigenvalue weighted by molar-refractivity contribution is 6.01. The van der Waals surface area contributed by atoms with Gasteiger partial charge in [-0.3, -0.25) is 4.79 Å². The first-order valence-electron chi connectivity index (χ1n) is 15.1. The van der Waals surface area contributed by atoms with Crippen molar-refractivity contribution in [2.45, 2.75) is 51.2 Å². The van der Waals surface area contributed by atoms with Crippen LogP contribution >= 0.6 is 0 Å². The SMILES string of the molecule is COc1cc(C(=O)N2C[C@@H](N)C3(CC3)C2)cc2nc(-c3cc4cccc5c4n3CCN5CCCO)n(CC3CC3)c12. The molecule has 1 atom stereocenters. The van der Waals surface area contributed by atoms with E-state index in [2.05, 4.69) is 38.3 Å². The minimum atomic E-state index is 0.0128. The number of aliphatic hydroxyl groups is 1. The van der Waals surface area contributed by atoms with E-state index in [0.29, 0.717) is 23.8 Å². The van der Waals surface area contributed by atoms with E-state index in [1.807, 2.05) is 17.0 Å². The molecule has 2 saturated carbocycles. The number of amides is 1. The number of imidazole rings is 1. The lowest BCUT2D eigenvalue weighted by molar-refractivity contribution is 0.0784. The molecule has 41 heavy (non-hydrogen) atoms. The molecule has 0 radical (unpaired) electrons. The standard InChI is InChI=1S/C32H38N6O3/c1-41-26-16-22(31(40)36-18-27(33)32(19-36)8-9-32)14-23-29(26)38(17-20-6-7-20)30(34-23)25-15-21-4-2-5-24-28(21)37(25)12-11-35(24)10-3-13-39/h2,4-5,14-16,20,27,39H,3,6-13,17-19,33H2,1H3/t27-/m1/s1. The lowest BCUT2D eigenvalue weighted by Crippen LogP contribution is -2.33. The van der Waals surface area contributed by atoms with Crippen LogP contribution in [0.5, 0.6) is 5.75 Å². The number of para-hydroxylation sites is 1. The molecule has 0 unspecified atom stereocenters.